The summed E-state index contributed by atoms with van der Waals surface area (Å²) in [4.78, 5) is 14.0. The molecule has 1 aliphatic heterocycles. The van der Waals surface area contributed by atoms with Crippen molar-refractivity contribution in [3.8, 4) is 0 Å². The summed E-state index contributed by atoms with van der Waals surface area (Å²) < 4.78 is 0. The van der Waals surface area contributed by atoms with Crippen molar-refractivity contribution in [3.63, 3.8) is 0 Å². The number of rotatable bonds is 18. The third kappa shape index (κ3) is 13.3. The van der Waals surface area contributed by atoms with E-state index >= 15 is 0 Å². The molecule has 2 heteroatoms. The normalized spacial score (nSPS) is 16.4. The van der Waals surface area contributed by atoms with Gasteiger partial charge in [-0.15, -0.1) is 0 Å². The molecule has 0 fully saturated rings. The Morgan fingerprint density at radius 1 is 0.606 bits per heavy atom. The van der Waals surface area contributed by atoms with Crippen LogP contribution in [0.5, 0.6) is 0 Å². The van der Waals surface area contributed by atoms with E-state index in [9.17, 15) is 4.79 Å². The first-order valence-corrected chi connectivity index (χ1v) is 13.7. The molecular weight excluding hydrogens is 402 g/mol. The number of nitrogens with zero attached hydrogens (tertiary/aromatic N) is 1. The zero-order valence-electron chi connectivity index (χ0n) is 21.1. The third-order valence-electron chi connectivity index (χ3n) is 6.56. The molecule has 0 saturated heterocycles. The molecule has 0 bridgehead atoms. The minimum atomic E-state index is 0.0724. The van der Waals surface area contributed by atoms with Crippen LogP contribution in [0.4, 0.5) is 0 Å². The molecule has 2 rings (SSSR count). The van der Waals surface area contributed by atoms with Gasteiger partial charge in [-0.1, -0.05) is 134 Å². The number of ketones is 1. The van der Waals surface area contributed by atoms with Crippen LogP contribution < -0.4 is 0 Å². The maximum absolute atomic E-state index is 11.8. The topological polar surface area (TPSA) is 20.3 Å². The summed E-state index contributed by atoms with van der Waals surface area (Å²) in [7, 11) is 0. The Labute approximate surface area is 203 Å². The van der Waals surface area contributed by atoms with Crippen LogP contribution in [0.3, 0.4) is 0 Å². The molecule has 182 valence electrons. The van der Waals surface area contributed by atoms with E-state index in [1.807, 2.05) is 24.3 Å². The third-order valence-corrected chi connectivity index (χ3v) is 6.56. The molecule has 0 aromatic rings. The van der Waals surface area contributed by atoms with Crippen molar-refractivity contribution in [2.24, 2.45) is 0 Å². The molecule has 2 aliphatic rings. The van der Waals surface area contributed by atoms with Gasteiger partial charge in [-0.2, -0.15) is 0 Å². The maximum Gasteiger partial charge on any atom is 0.185 e. The first-order valence-electron chi connectivity index (χ1n) is 13.7. The predicted molar refractivity (Wildman–Crippen MR) is 144 cm³/mol. The van der Waals surface area contributed by atoms with Crippen molar-refractivity contribution < 1.29 is 4.79 Å². The number of allylic oxidation sites excluding steroid dienone is 10. The van der Waals surface area contributed by atoms with Crippen molar-refractivity contribution in [2.45, 2.75) is 110 Å². The molecule has 0 saturated carbocycles. The lowest BCUT2D eigenvalue weighted by Crippen LogP contribution is -2.13. The minimum Gasteiger partial charge on any atom is -0.354 e. The molecule has 1 aliphatic carbocycles. The van der Waals surface area contributed by atoms with E-state index in [0.29, 0.717) is 0 Å². The Balaban J connectivity index is 1.39. The van der Waals surface area contributed by atoms with Crippen LogP contribution in [-0.2, 0) is 4.79 Å². The Morgan fingerprint density at radius 2 is 1.09 bits per heavy atom. The Hall–Kier alpha value is -2.09. The van der Waals surface area contributed by atoms with E-state index in [0.717, 1.165) is 17.7 Å². The highest BCUT2D eigenvalue weighted by Crippen LogP contribution is 2.15. The molecule has 1 heterocycles. The van der Waals surface area contributed by atoms with Gasteiger partial charge in [0.2, 0.25) is 0 Å². The highest BCUT2D eigenvalue weighted by atomic mass is 16.1. The summed E-state index contributed by atoms with van der Waals surface area (Å²) in [5, 5.41) is 0. The van der Waals surface area contributed by atoms with Crippen LogP contribution in [0.25, 0.3) is 0 Å². The van der Waals surface area contributed by atoms with Crippen LogP contribution in [0, 0.1) is 0 Å². The number of hydrogen-bond donors (Lipinski definition) is 0. The van der Waals surface area contributed by atoms with Crippen LogP contribution in [-0.4, -0.2) is 17.2 Å². The van der Waals surface area contributed by atoms with E-state index in [4.69, 9.17) is 0 Å². The molecular formula is C31H47NO. The van der Waals surface area contributed by atoms with Gasteiger partial charge >= 0.3 is 0 Å². The fourth-order valence-corrected chi connectivity index (χ4v) is 4.38. The average Bonchev–Trinajstić information content (AvgIpc) is 2.84. The second kappa shape index (κ2) is 18.3. The molecule has 33 heavy (non-hydrogen) atoms. The molecule has 0 aromatic heterocycles. The number of carbonyl (C=O) groups excluding carboxylic acids is 1. The monoisotopic (exact) mass is 449 g/mol. The maximum atomic E-state index is 11.8. The molecule has 0 aromatic carbocycles. The van der Waals surface area contributed by atoms with Gasteiger partial charge in [-0.05, 0) is 30.2 Å². The predicted octanol–water partition coefficient (Wildman–Crippen LogP) is 9.14. The van der Waals surface area contributed by atoms with E-state index in [1.54, 1.807) is 12.2 Å². The zero-order valence-corrected chi connectivity index (χ0v) is 21.1. The van der Waals surface area contributed by atoms with Crippen LogP contribution in [0.2, 0.25) is 0 Å². The van der Waals surface area contributed by atoms with Gasteiger partial charge < -0.3 is 4.90 Å². The van der Waals surface area contributed by atoms with Gasteiger partial charge in [0.25, 0.3) is 0 Å². The first-order chi connectivity index (χ1) is 16.3. The van der Waals surface area contributed by atoms with Gasteiger partial charge in [-0.25, -0.2) is 0 Å². The van der Waals surface area contributed by atoms with Gasteiger partial charge in [0.15, 0.2) is 5.78 Å². The molecule has 0 spiro atoms. The van der Waals surface area contributed by atoms with Crippen molar-refractivity contribution in [2.75, 3.05) is 6.54 Å². The summed E-state index contributed by atoms with van der Waals surface area (Å²) in [5.74, 6) is 0.0724. The largest absolute Gasteiger partial charge is 0.354 e. The molecule has 0 unspecified atom stereocenters. The standard InChI is InChI=1S/C31H47NO/c1-2-3-4-5-6-7-8-9-10-11-12-13-14-15-16-19-26-32-27-24-29(25-28-32)22-23-30-20-17-18-21-31(30)33/h17-18,20-25,27-28H,2-16,19,26H2,1H3/b30-23-. The Bertz CT molecular complexity index is 703. The van der Waals surface area contributed by atoms with Gasteiger partial charge in [0.05, 0.1) is 0 Å². The molecule has 0 radical (unpaired) electrons. The van der Waals surface area contributed by atoms with Crippen LogP contribution in [0.1, 0.15) is 110 Å². The summed E-state index contributed by atoms with van der Waals surface area (Å²) in [6, 6.07) is 0. The lowest BCUT2D eigenvalue weighted by Gasteiger charge is -2.18. The number of unbranched alkanes of at least 4 members (excludes halogenated alkanes) is 15. The summed E-state index contributed by atoms with van der Waals surface area (Å²) in [6.07, 6.45) is 42.1. The Morgan fingerprint density at radius 3 is 1.61 bits per heavy atom. The van der Waals surface area contributed by atoms with Gasteiger partial charge in [0.1, 0.15) is 0 Å². The molecule has 0 amide bonds. The van der Waals surface area contributed by atoms with E-state index in [1.165, 1.54) is 103 Å². The summed E-state index contributed by atoms with van der Waals surface area (Å²) in [5.41, 5.74) is 1.86. The van der Waals surface area contributed by atoms with Gasteiger partial charge in [-0.3, -0.25) is 4.79 Å². The summed E-state index contributed by atoms with van der Waals surface area (Å²) in [6.45, 7) is 3.38. The first kappa shape index (κ1) is 27.2. The lowest BCUT2D eigenvalue weighted by molar-refractivity contribution is -0.111. The van der Waals surface area contributed by atoms with Crippen LogP contribution >= 0.6 is 0 Å². The second-order valence-corrected chi connectivity index (χ2v) is 9.54. The molecule has 2 nitrogen and oxygen atoms in total. The minimum absolute atomic E-state index is 0.0724. The fraction of sp³-hybridized carbons (Fsp3) is 0.581. The van der Waals surface area contributed by atoms with E-state index < -0.39 is 0 Å². The molecule has 0 N–H and O–H groups in total. The van der Waals surface area contributed by atoms with Crippen molar-refractivity contribution >= 4 is 5.78 Å². The van der Waals surface area contributed by atoms with E-state index in [-0.39, 0.29) is 5.78 Å². The average molecular weight is 450 g/mol. The number of hydrogen-bond acceptors (Lipinski definition) is 2. The van der Waals surface area contributed by atoms with Gasteiger partial charge in [0, 0.05) is 24.5 Å². The fourth-order valence-electron chi connectivity index (χ4n) is 4.38. The highest BCUT2D eigenvalue weighted by molar-refractivity contribution is 6.07. The van der Waals surface area contributed by atoms with Crippen molar-refractivity contribution in [1.29, 1.82) is 0 Å². The zero-order chi connectivity index (χ0) is 23.4. The summed E-state index contributed by atoms with van der Waals surface area (Å²) >= 11 is 0. The smallest absolute Gasteiger partial charge is 0.185 e. The van der Waals surface area contributed by atoms with Crippen LogP contribution in [0.15, 0.2) is 72.2 Å². The lowest BCUT2D eigenvalue weighted by atomic mass is 10.0. The van der Waals surface area contributed by atoms with Crippen molar-refractivity contribution in [1.82, 2.24) is 4.90 Å². The quantitative estimate of drug-likeness (QED) is 0.153. The second-order valence-electron chi connectivity index (χ2n) is 9.54. The molecule has 0 atom stereocenters. The Kier molecular flexibility index (Phi) is 15.1. The van der Waals surface area contributed by atoms with Crippen molar-refractivity contribution in [3.05, 3.63) is 72.2 Å². The van der Waals surface area contributed by atoms with E-state index in [2.05, 4.69) is 36.4 Å². The highest BCUT2D eigenvalue weighted by Gasteiger charge is 2.04. The number of carbonyl (C=O) groups is 1. The SMILES string of the molecule is CCCCCCCCCCCCCCCCCCN1C=CC(=C/C=C2/C=CC=CC2=O)C=C1.